The van der Waals surface area contributed by atoms with Crippen LogP contribution in [0.1, 0.15) is 13.3 Å². The van der Waals surface area contributed by atoms with E-state index in [9.17, 15) is 4.21 Å². The molecule has 0 radical (unpaired) electrons. The molecule has 0 aromatic heterocycles. The lowest BCUT2D eigenvalue weighted by molar-refractivity contribution is 0.346. The summed E-state index contributed by atoms with van der Waals surface area (Å²) in [4.78, 5) is 0. The molecule has 76 valence electrons. The summed E-state index contributed by atoms with van der Waals surface area (Å²) >= 11 is 8.13. The largest absolute Gasteiger partial charge is 0.479 e. The van der Waals surface area contributed by atoms with Gasteiger partial charge in [-0.25, -0.2) is 0 Å². The highest BCUT2D eigenvalue weighted by Gasteiger charge is 2.23. The molecule has 2 nitrogen and oxygen atoms in total. The molecular formula is C7H12O2S4. The predicted molar refractivity (Wildman–Crippen MR) is 65.7 cm³/mol. The van der Waals surface area contributed by atoms with Crippen molar-refractivity contribution in [3.63, 3.8) is 0 Å². The van der Waals surface area contributed by atoms with E-state index < -0.39 is 10.8 Å². The normalized spacial score (nSPS) is 28.4. The molecule has 1 fully saturated rings. The van der Waals surface area contributed by atoms with Gasteiger partial charge in [0.05, 0.1) is 6.61 Å². The average molecular weight is 256 g/mol. The molecule has 2 atom stereocenters. The van der Waals surface area contributed by atoms with Gasteiger partial charge >= 0.3 is 0 Å². The van der Waals surface area contributed by atoms with Crippen molar-refractivity contribution in [1.82, 2.24) is 0 Å². The lowest BCUT2D eigenvalue weighted by Gasteiger charge is -2.19. The second-order valence-corrected chi connectivity index (χ2v) is 7.86. The minimum atomic E-state index is -0.744. The molecule has 0 aliphatic carbocycles. The summed E-state index contributed by atoms with van der Waals surface area (Å²) in [6.45, 7) is 2.49. The number of hydrogen-bond acceptors (Lipinski definition) is 5. The fourth-order valence-electron chi connectivity index (χ4n) is 0.871. The summed E-state index contributed by atoms with van der Waals surface area (Å²) in [5.74, 6) is 1.89. The second kappa shape index (κ2) is 6.27. The smallest absolute Gasteiger partial charge is 0.221 e. The Labute approximate surface area is 95.0 Å². The van der Waals surface area contributed by atoms with Crippen molar-refractivity contribution >= 4 is 50.9 Å². The molecule has 2 unspecified atom stereocenters. The van der Waals surface area contributed by atoms with E-state index in [1.165, 1.54) is 11.8 Å². The molecule has 0 aromatic rings. The van der Waals surface area contributed by atoms with Crippen molar-refractivity contribution in [2.45, 2.75) is 17.3 Å². The maximum atomic E-state index is 11.5. The van der Waals surface area contributed by atoms with Crippen molar-refractivity contribution in [1.29, 1.82) is 0 Å². The van der Waals surface area contributed by atoms with Crippen LogP contribution in [-0.4, -0.2) is 30.6 Å². The van der Waals surface area contributed by atoms with Gasteiger partial charge in [0, 0.05) is 16.6 Å². The summed E-state index contributed by atoms with van der Waals surface area (Å²) in [6.07, 6.45) is 1.05. The van der Waals surface area contributed by atoms with Crippen LogP contribution < -0.4 is 0 Å². The van der Waals surface area contributed by atoms with Gasteiger partial charge in [-0.1, -0.05) is 0 Å². The Morgan fingerprint density at radius 1 is 1.85 bits per heavy atom. The zero-order valence-corrected chi connectivity index (χ0v) is 10.6. The van der Waals surface area contributed by atoms with Gasteiger partial charge in [0.1, 0.15) is 3.91 Å². The molecule has 1 saturated heterocycles. The maximum absolute atomic E-state index is 11.5. The first-order valence-corrected chi connectivity index (χ1v) is 7.78. The average Bonchev–Trinajstić information content (AvgIpc) is 2.09. The first-order valence-electron chi connectivity index (χ1n) is 4.06. The van der Waals surface area contributed by atoms with Crippen molar-refractivity contribution in [3.8, 4) is 0 Å². The van der Waals surface area contributed by atoms with Crippen LogP contribution in [0.15, 0.2) is 0 Å². The van der Waals surface area contributed by atoms with Gasteiger partial charge in [0.2, 0.25) is 4.38 Å². The van der Waals surface area contributed by atoms with Gasteiger partial charge < -0.3 is 4.74 Å². The number of rotatable bonds is 2. The molecule has 1 aliphatic rings. The van der Waals surface area contributed by atoms with Crippen LogP contribution in [0.2, 0.25) is 0 Å². The van der Waals surface area contributed by atoms with E-state index in [0.29, 0.717) is 11.0 Å². The van der Waals surface area contributed by atoms with Crippen LogP contribution in [0.5, 0.6) is 0 Å². The molecule has 0 amide bonds. The minimum Gasteiger partial charge on any atom is -0.479 e. The van der Waals surface area contributed by atoms with Crippen molar-refractivity contribution in [2.75, 3.05) is 18.1 Å². The SMILES string of the molecule is CCOC(=S)SC1SCCCS1=O. The Kier molecular flexibility index (Phi) is 5.69. The Hall–Kier alpha value is 0.740. The molecule has 13 heavy (non-hydrogen) atoms. The summed E-state index contributed by atoms with van der Waals surface area (Å²) < 4.78 is 17.2. The highest BCUT2D eigenvalue weighted by atomic mass is 32.3. The second-order valence-electron chi connectivity index (χ2n) is 2.40. The van der Waals surface area contributed by atoms with Crippen LogP contribution >= 0.6 is 35.7 Å². The Morgan fingerprint density at radius 3 is 3.23 bits per heavy atom. The highest BCUT2D eigenvalue weighted by molar-refractivity contribution is 8.37. The fourth-order valence-corrected chi connectivity index (χ4v) is 6.28. The molecule has 0 spiro atoms. The monoisotopic (exact) mass is 256 g/mol. The number of hydrogen-bond donors (Lipinski definition) is 0. The first kappa shape index (κ1) is 11.8. The quantitative estimate of drug-likeness (QED) is 0.706. The molecule has 0 saturated carbocycles. The third-order valence-electron chi connectivity index (χ3n) is 1.41. The number of ether oxygens (including phenoxy) is 1. The van der Waals surface area contributed by atoms with E-state index in [1.807, 2.05) is 6.92 Å². The lowest BCUT2D eigenvalue weighted by Crippen LogP contribution is -2.19. The Morgan fingerprint density at radius 2 is 2.62 bits per heavy atom. The van der Waals surface area contributed by atoms with E-state index >= 15 is 0 Å². The van der Waals surface area contributed by atoms with Crippen LogP contribution in [0.4, 0.5) is 0 Å². The molecule has 0 N–H and O–H groups in total. The van der Waals surface area contributed by atoms with E-state index in [2.05, 4.69) is 0 Å². The molecule has 1 heterocycles. The van der Waals surface area contributed by atoms with Gasteiger partial charge in [0.25, 0.3) is 0 Å². The Balaban J connectivity index is 2.33. The van der Waals surface area contributed by atoms with Gasteiger partial charge in [-0.15, -0.1) is 11.8 Å². The highest BCUT2D eigenvalue weighted by Crippen LogP contribution is 2.32. The summed E-state index contributed by atoms with van der Waals surface area (Å²) in [7, 11) is -0.744. The summed E-state index contributed by atoms with van der Waals surface area (Å²) in [6, 6.07) is 0. The predicted octanol–water partition coefficient (Wildman–Crippen LogP) is 2.21. The summed E-state index contributed by atoms with van der Waals surface area (Å²) in [5, 5.41) is 0. The van der Waals surface area contributed by atoms with Crippen molar-refractivity contribution in [3.05, 3.63) is 0 Å². The van der Waals surface area contributed by atoms with Crippen molar-refractivity contribution in [2.24, 2.45) is 0 Å². The van der Waals surface area contributed by atoms with Gasteiger partial charge in [-0.2, -0.15) is 0 Å². The third kappa shape index (κ3) is 4.18. The van der Waals surface area contributed by atoms with Gasteiger partial charge in [0.15, 0.2) is 0 Å². The van der Waals surface area contributed by atoms with Crippen LogP contribution in [0.25, 0.3) is 0 Å². The Bertz CT molecular complexity index is 207. The van der Waals surface area contributed by atoms with Crippen LogP contribution in [0, 0.1) is 0 Å². The molecule has 1 aliphatic heterocycles. The van der Waals surface area contributed by atoms with Crippen LogP contribution in [-0.2, 0) is 15.5 Å². The molecule has 6 heteroatoms. The van der Waals surface area contributed by atoms with Gasteiger partial charge in [-0.3, -0.25) is 4.21 Å². The van der Waals surface area contributed by atoms with Gasteiger partial charge in [-0.05, 0) is 43.1 Å². The van der Waals surface area contributed by atoms with E-state index in [1.54, 1.807) is 11.8 Å². The minimum absolute atomic E-state index is 0.0906. The zero-order valence-electron chi connectivity index (χ0n) is 7.36. The van der Waals surface area contributed by atoms with E-state index in [-0.39, 0.29) is 3.91 Å². The number of thiocarbonyl (C=S) groups is 1. The summed E-state index contributed by atoms with van der Waals surface area (Å²) in [5.41, 5.74) is 0. The lowest BCUT2D eigenvalue weighted by atomic mass is 10.6. The molecule has 0 aromatic carbocycles. The van der Waals surface area contributed by atoms with Crippen LogP contribution in [0.3, 0.4) is 0 Å². The zero-order chi connectivity index (χ0) is 9.68. The van der Waals surface area contributed by atoms with E-state index in [4.69, 9.17) is 17.0 Å². The van der Waals surface area contributed by atoms with E-state index in [0.717, 1.165) is 17.9 Å². The van der Waals surface area contributed by atoms with Crippen molar-refractivity contribution < 1.29 is 8.95 Å². The molecule has 0 bridgehead atoms. The standard InChI is InChI=1S/C7H12O2S4/c1-2-9-6(10)12-7-11-4-3-5-13(7)8/h7H,2-5H2,1H3. The third-order valence-corrected chi connectivity index (χ3v) is 6.92. The fraction of sp³-hybridized carbons (Fsp3) is 0.857. The topological polar surface area (TPSA) is 26.3 Å². The molecule has 1 rings (SSSR count). The molecular weight excluding hydrogens is 244 g/mol. The maximum Gasteiger partial charge on any atom is 0.221 e. The first-order chi connectivity index (χ1) is 6.24. The number of thioether (sulfide) groups is 2.